The van der Waals surface area contributed by atoms with Crippen molar-refractivity contribution >= 4 is 11.7 Å². The molecule has 2 rings (SSSR count). The van der Waals surface area contributed by atoms with Crippen LogP contribution in [0.1, 0.15) is 18.4 Å². The van der Waals surface area contributed by atoms with E-state index in [2.05, 4.69) is 0 Å². The first-order valence-corrected chi connectivity index (χ1v) is 6.62. The number of rotatable bonds is 6. The molecule has 0 saturated heterocycles. The molecule has 1 N–H and O–H groups in total. The third kappa shape index (κ3) is 4.14. The largest absolute Gasteiger partial charge is 0.481 e. The van der Waals surface area contributed by atoms with E-state index in [1.165, 1.54) is 12.1 Å². The van der Waals surface area contributed by atoms with Gasteiger partial charge in [-0.2, -0.15) is 0 Å². The summed E-state index contributed by atoms with van der Waals surface area (Å²) in [6.07, 6.45) is 1.52. The van der Waals surface area contributed by atoms with Crippen molar-refractivity contribution in [1.29, 1.82) is 0 Å². The lowest BCUT2D eigenvalue weighted by Crippen LogP contribution is -1.95. The number of carboxylic acid groups (broad SMARTS) is 1. The molecule has 5 nitrogen and oxygen atoms in total. The predicted molar refractivity (Wildman–Crippen MR) is 79.1 cm³/mol. The van der Waals surface area contributed by atoms with Gasteiger partial charge < -0.3 is 5.11 Å². The van der Waals surface area contributed by atoms with Crippen molar-refractivity contribution in [3.63, 3.8) is 0 Å². The summed E-state index contributed by atoms with van der Waals surface area (Å²) in [7, 11) is 0. The average Bonchev–Trinajstić information content (AvgIpc) is 2.48. The molecule has 0 spiro atoms. The number of benzene rings is 2. The highest BCUT2D eigenvalue weighted by atomic mass is 16.6. The van der Waals surface area contributed by atoms with Crippen LogP contribution in [0.25, 0.3) is 11.1 Å². The fraction of sp³-hybridized carbons (Fsp3) is 0.188. The van der Waals surface area contributed by atoms with Crippen LogP contribution in [0.5, 0.6) is 0 Å². The van der Waals surface area contributed by atoms with Crippen molar-refractivity contribution in [3.05, 3.63) is 64.2 Å². The standard InChI is InChI=1S/C16H15NO4/c18-16(19)3-1-2-12-4-6-13(7-5-12)14-8-10-15(11-9-14)17(20)21/h4-11H,1-3H2,(H,18,19). The van der Waals surface area contributed by atoms with Gasteiger partial charge in [0, 0.05) is 18.6 Å². The second kappa shape index (κ2) is 6.65. The zero-order chi connectivity index (χ0) is 15.2. The number of hydrogen-bond acceptors (Lipinski definition) is 3. The van der Waals surface area contributed by atoms with E-state index >= 15 is 0 Å². The molecule has 0 bridgehead atoms. The van der Waals surface area contributed by atoms with Crippen LogP contribution < -0.4 is 0 Å². The number of nitro groups is 1. The summed E-state index contributed by atoms with van der Waals surface area (Å²) in [4.78, 5) is 20.6. The summed E-state index contributed by atoms with van der Waals surface area (Å²) in [6, 6.07) is 14.2. The molecule has 0 aliphatic heterocycles. The average molecular weight is 285 g/mol. The van der Waals surface area contributed by atoms with Gasteiger partial charge in [0.15, 0.2) is 0 Å². The van der Waals surface area contributed by atoms with E-state index in [0.717, 1.165) is 23.1 Å². The minimum absolute atomic E-state index is 0.0732. The zero-order valence-corrected chi connectivity index (χ0v) is 11.4. The van der Waals surface area contributed by atoms with Crippen molar-refractivity contribution in [3.8, 4) is 11.1 Å². The summed E-state index contributed by atoms with van der Waals surface area (Å²) in [5, 5.41) is 19.2. The van der Waals surface area contributed by atoms with Gasteiger partial charge >= 0.3 is 5.97 Å². The molecule has 5 heteroatoms. The molecule has 108 valence electrons. The molecule has 0 fully saturated rings. The molecule has 0 aliphatic rings. The summed E-state index contributed by atoms with van der Waals surface area (Å²) in [5.41, 5.74) is 3.05. The second-order valence-electron chi connectivity index (χ2n) is 4.75. The Kier molecular flexibility index (Phi) is 4.66. The fourth-order valence-corrected chi connectivity index (χ4v) is 2.08. The molecule has 0 atom stereocenters. The minimum Gasteiger partial charge on any atom is -0.481 e. The van der Waals surface area contributed by atoms with Crippen molar-refractivity contribution in [1.82, 2.24) is 0 Å². The molecule has 2 aromatic rings. The van der Waals surface area contributed by atoms with Gasteiger partial charge in [-0.05, 0) is 41.7 Å². The molecule has 0 amide bonds. The highest BCUT2D eigenvalue weighted by molar-refractivity contribution is 5.67. The van der Waals surface area contributed by atoms with Gasteiger partial charge in [0.2, 0.25) is 0 Å². The van der Waals surface area contributed by atoms with Crippen molar-refractivity contribution in [2.45, 2.75) is 19.3 Å². The minimum atomic E-state index is -0.780. The Labute approximate surface area is 122 Å². The molecule has 21 heavy (non-hydrogen) atoms. The van der Waals surface area contributed by atoms with Gasteiger partial charge in [-0.1, -0.05) is 24.3 Å². The van der Waals surface area contributed by atoms with Gasteiger partial charge in [0.25, 0.3) is 5.69 Å². The Morgan fingerprint density at radius 1 is 1.00 bits per heavy atom. The number of aliphatic carboxylic acids is 1. The van der Waals surface area contributed by atoms with E-state index in [9.17, 15) is 14.9 Å². The lowest BCUT2D eigenvalue weighted by Gasteiger charge is -2.04. The number of hydrogen-bond donors (Lipinski definition) is 1. The van der Waals surface area contributed by atoms with Gasteiger partial charge in [0.1, 0.15) is 0 Å². The van der Waals surface area contributed by atoms with E-state index in [4.69, 9.17) is 5.11 Å². The van der Waals surface area contributed by atoms with Gasteiger partial charge in [-0.3, -0.25) is 14.9 Å². The van der Waals surface area contributed by atoms with Gasteiger partial charge in [-0.25, -0.2) is 0 Å². The number of aryl methyl sites for hydroxylation is 1. The Hall–Kier alpha value is -2.69. The van der Waals surface area contributed by atoms with Crippen LogP contribution in [-0.4, -0.2) is 16.0 Å². The first-order chi connectivity index (χ1) is 10.1. The number of non-ortho nitro benzene ring substituents is 1. The molecule has 0 aromatic heterocycles. The maximum absolute atomic E-state index is 10.6. The summed E-state index contributed by atoms with van der Waals surface area (Å²) >= 11 is 0. The van der Waals surface area contributed by atoms with Gasteiger partial charge in [-0.15, -0.1) is 0 Å². The number of nitrogens with zero attached hydrogens (tertiary/aromatic N) is 1. The number of nitro benzene ring substituents is 1. The van der Waals surface area contributed by atoms with Crippen LogP contribution in [0, 0.1) is 10.1 Å². The molecular formula is C16H15NO4. The first kappa shape index (κ1) is 14.7. The lowest BCUT2D eigenvalue weighted by molar-refractivity contribution is -0.384. The Balaban J connectivity index is 2.04. The van der Waals surface area contributed by atoms with Gasteiger partial charge in [0.05, 0.1) is 4.92 Å². The molecular weight excluding hydrogens is 270 g/mol. The van der Waals surface area contributed by atoms with Crippen molar-refractivity contribution < 1.29 is 14.8 Å². The predicted octanol–water partition coefficient (Wildman–Crippen LogP) is 3.67. The third-order valence-corrected chi connectivity index (χ3v) is 3.22. The second-order valence-corrected chi connectivity index (χ2v) is 4.75. The van der Waals surface area contributed by atoms with E-state index in [-0.39, 0.29) is 12.1 Å². The highest BCUT2D eigenvalue weighted by Crippen LogP contribution is 2.23. The normalized spacial score (nSPS) is 10.3. The smallest absolute Gasteiger partial charge is 0.303 e. The summed E-state index contributed by atoms with van der Waals surface area (Å²) in [6.45, 7) is 0. The topological polar surface area (TPSA) is 80.4 Å². The van der Waals surface area contributed by atoms with Crippen LogP contribution in [-0.2, 0) is 11.2 Å². The maximum atomic E-state index is 10.6. The maximum Gasteiger partial charge on any atom is 0.303 e. The molecule has 0 aliphatic carbocycles. The Morgan fingerprint density at radius 3 is 2.00 bits per heavy atom. The van der Waals surface area contributed by atoms with E-state index in [1.54, 1.807) is 12.1 Å². The Bertz CT molecular complexity index is 632. The van der Waals surface area contributed by atoms with Crippen LogP contribution in [0.2, 0.25) is 0 Å². The van der Waals surface area contributed by atoms with E-state index in [1.807, 2.05) is 24.3 Å². The summed E-state index contributed by atoms with van der Waals surface area (Å²) < 4.78 is 0. The Morgan fingerprint density at radius 2 is 1.52 bits per heavy atom. The van der Waals surface area contributed by atoms with Crippen LogP contribution in [0.15, 0.2) is 48.5 Å². The van der Waals surface area contributed by atoms with Crippen LogP contribution >= 0.6 is 0 Å². The number of carboxylic acids is 1. The molecule has 0 saturated carbocycles. The lowest BCUT2D eigenvalue weighted by atomic mass is 10.0. The monoisotopic (exact) mass is 285 g/mol. The van der Waals surface area contributed by atoms with Crippen LogP contribution in [0.4, 0.5) is 5.69 Å². The quantitative estimate of drug-likeness (QED) is 0.648. The van der Waals surface area contributed by atoms with E-state index in [0.29, 0.717) is 6.42 Å². The molecule has 2 aromatic carbocycles. The number of carbonyl (C=O) groups is 1. The molecule has 0 radical (unpaired) electrons. The summed E-state index contributed by atoms with van der Waals surface area (Å²) in [5.74, 6) is -0.780. The third-order valence-electron chi connectivity index (χ3n) is 3.22. The molecule has 0 unspecified atom stereocenters. The fourth-order valence-electron chi connectivity index (χ4n) is 2.08. The first-order valence-electron chi connectivity index (χ1n) is 6.62. The molecule has 0 heterocycles. The van der Waals surface area contributed by atoms with Crippen molar-refractivity contribution in [2.75, 3.05) is 0 Å². The zero-order valence-electron chi connectivity index (χ0n) is 11.4. The van der Waals surface area contributed by atoms with Crippen LogP contribution in [0.3, 0.4) is 0 Å². The van der Waals surface area contributed by atoms with Crippen molar-refractivity contribution in [2.24, 2.45) is 0 Å². The SMILES string of the molecule is O=C(O)CCCc1ccc(-c2ccc([N+](=O)[O-])cc2)cc1. The highest BCUT2D eigenvalue weighted by Gasteiger charge is 2.05. The van der Waals surface area contributed by atoms with E-state index < -0.39 is 10.9 Å².